The number of thiazole rings is 1. The van der Waals surface area contributed by atoms with Gasteiger partial charge in [-0.15, -0.1) is 23.1 Å². The number of nitrogens with one attached hydrogen (secondary N) is 1. The summed E-state index contributed by atoms with van der Waals surface area (Å²) in [5, 5.41) is 6.15. The number of anilines is 1. The topological polar surface area (TPSA) is 68.3 Å². The molecule has 0 bridgehead atoms. The van der Waals surface area contributed by atoms with Gasteiger partial charge < -0.3 is 10.1 Å². The average molecular weight is 433 g/mol. The highest BCUT2D eigenvalue weighted by atomic mass is 35.5. The molecule has 0 saturated carbocycles. The number of halogens is 1. The van der Waals surface area contributed by atoms with Crippen LogP contribution in [0.4, 0.5) is 5.69 Å². The smallest absolute Gasteiger partial charge is 0.337 e. The molecule has 2 aromatic carbocycles. The van der Waals surface area contributed by atoms with Crippen LogP contribution in [-0.4, -0.2) is 24.0 Å². The summed E-state index contributed by atoms with van der Waals surface area (Å²) in [6, 6.07) is 11.9. The summed E-state index contributed by atoms with van der Waals surface area (Å²) < 4.78 is 4.71. The SMILES string of the molecule is COC(=O)c1ccc(Cl)c(NC(=O)c2ccccc2SCc2csc(C)n2)c1. The number of methoxy groups -OCH3 is 1. The maximum Gasteiger partial charge on any atom is 0.337 e. The maximum absolute atomic E-state index is 12.8. The molecule has 0 atom stereocenters. The van der Waals surface area contributed by atoms with E-state index in [2.05, 4.69) is 10.3 Å². The highest BCUT2D eigenvalue weighted by molar-refractivity contribution is 7.98. The number of hydrogen-bond acceptors (Lipinski definition) is 6. The molecule has 0 aliphatic heterocycles. The number of benzene rings is 2. The van der Waals surface area contributed by atoms with Crippen LogP contribution in [0.1, 0.15) is 31.4 Å². The number of amides is 1. The standard InChI is InChI=1S/C20H17ClN2O3S2/c1-12-22-14(10-27-12)11-28-18-6-4-3-5-15(18)19(24)23-17-9-13(20(25)26-2)7-8-16(17)21/h3-10H,11H2,1-2H3,(H,23,24). The van der Waals surface area contributed by atoms with E-state index in [9.17, 15) is 9.59 Å². The molecule has 0 fully saturated rings. The maximum atomic E-state index is 12.8. The largest absolute Gasteiger partial charge is 0.465 e. The second kappa shape index (κ2) is 9.23. The van der Waals surface area contributed by atoms with Gasteiger partial charge in [-0.1, -0.05) is 23.7 Å². The van der Waals surface area contributed by atoms with Crippen LogP contribution < -0.4 is 5.32 Å². The number of aryl methyl sites for hydroxylation is 1. The molecule has 0 radical (unpaired) electrons. The Morgan fingerprint density at radius 2 is 2.04 bits per heavy atom. The number of thioether (sulfide) groups is 1. The van der Waals surface area contributed by atoms with E-state index in [1.54, 1.807) is 47.4 Å². The summed E-state index contributed by atoms with van der Waals surface area (Å²) in [7, 11) is 1.30. The molecule has 144 valence electrons. The number of nitrogens with zero attached hydrogens (tertiary/aromatic N) is 1. The number of esters is 1. The van der Waals surface area contributed by atoms with Crippen molar-refractivity contribution in [3.05, 3.63) is 74.7 Å². The minimum atomic E-state index is -0.498. The van der Waals surface area contributed by atoms with E-state index < -0.39 is 5.97 Å². The van der Waals surface area contributed by atoms with Crippen molar-refractivity contribution in [2.45, 2.75) is 17.6 Å². The molecule has 1 N–H and O–H groups in total. The molecule has 0 aliphatic rings. The Balaban J connectivity index is 1.79. The van der Waals surface area contributed by atoms with E-state index >= 15 is 0 Å². The van der Waals surface area contributed by atoms with Crippen LogP contribution in [0, 0.1) is 6.92 Å². The quantitative estimate of drug-likeness (QED) is 0.415. The average Bonchev–Trinajstić information content (AvgIpc) is 3.12. The Bertz CT molecular complexity index is 1020. The molecule has 1 heterocycles. The van der Waals surface area contributed by atoms with Crippen molar-refractivity contribution in [2.75, 3.05) is 12.4 Å². The summed E-state index contributed by atoms with van der Waals surface area (Å²) in [5.74, 6) is -0.129. The van der Waals surface area contributed by atoms with Crippen molar-refractivity contribution in [3.63, 3.8) is 0 Å². The Morgan fingerprint density at radius 3 is 2.75 bits per heavy atom. The van der Waals surface area contributed by atoms with E-state index in [0.29, 0.717) is 27.6 Å². The molecule has 1 aromatic heterocycles. The first-order valence-corrected chi connectivity index (χ1v) is 10.5. The van der Waals surface area contributed by atoms with Crippen LogP contribution in [0.25, 0.3) is 0 Å². The Morgan fingerprint density at radius 1 is 1.25 bits per heavy atom. The van der Waals surface area contributed by atoms with Crippen LogP contribution in [0.15, 0.2) is 52.7 Å². The lowest BCUT2D eigenvalue weighted by atomic mass is 10.1. The normalized spacial score (nSPS) is 10.5. The van der Waals surface area contributed by atoms with E-state index in [1.807, 2.05) is 24.4 Å². The van der Waals surface area contributed by atoms with Crippen LogP contribution in [0.2, 0.25) is 5.02 Å². The van der Waals surface area contributed by atoms with Gasteiger partial charge in [-0.25, -0.2) is 9.78 Å². The summed E-state index contributed by atoms with van der Waals surface area (Å²) in [5.41, 5.74) is 2.17. The molecular formula is C20H17ClN2O3S2. The number of carbonyl (C=O) groups is 2. The molecule has 0 saturated heterocycles. The van der Waals surface area contributed by atoms with E-state index in [4.69, 9.17) is 16.3 Å². The van der Waals surface area contributed by atoms with Gasteiger partial charge in [-0.05, 0) is 37.3 Å². The monoisotopic (exact) mass is 432 g/mol. The zero-order valence-electron chi connectivity index (χ0n) is 15.2. The van der Waals surface area contributed by atoms with Crippen LogP contribution in [0.3, 0.4) is 0 Å². The fraction of sp³-hybridized carbons (Fsp3) is 0.150. The van der Waals surface area contributed by atoms with Crippen molar-refractivity contribution < 1.29 is 14.3 Å². The minimum absolute atomic E-state index is 0.304. The Labute approximate surface area is 176 Å². The van der Waals surface area contributed by atoms with Crippen molar-refractivity contribution in [1.29, 1.82) is 0 Å². The van der Waals surface area contributed by atoms with Gasteiger partial charge >= 0.3 is 5.97 Å². The van der Waals surface area contributed by atoms with E-state index in [-0.39, 0.29) is 5.91 Å². The van der Waals surface area contributed by atoms with Gasteiger partial charge in [0, 0.05) is 16.0 Å². The predicted octanol–water partition coefficient (Wildman–Crippen LogP) is 5.44. The zero-order chi connectivity index (χ0) is 20.1. The van der Waals surface area contributed by atoms with Gasteiger partial charge in [0.05, 0.1) is 39.6 Å². The molecule has 0 spiro atoms. The molecule has 0 unspecified atom stereocenters. The number of hydrogen-bond donors (Lipinski definition) is 1. The van der Waals surface area contributed by atoms with Gasteiger partial charge in [0.15, 0.2) is 0 Å². The first-order chi connectivity index (χ1) is 13.5. The number of carbonyl (C=O) groups excluding carboxylic acids is 2. The number of aromatic nitrogens is 1. The lowest BCUT2D eigenvalue weighted by Crippen LogP contribution is -2.14. The van der Waals surface area contributed by atoms with Crippen molar-refractivity contribution >= 4 is 52.3 Å². The second-order valence-corrected chi connectivity index (χ2v) is 8.27. The third-order valence-electron chi connectivity index (χ3n) is 3.81. The van der Waals surface area contributed by atoms with Crippen LogP contribution in [0.5, 0.6) is 0 Å². The lowest BCUT2D eigenvalue weighted by Gasteiger charge is -2.11. The van der Waals surface area contributed by atoms with Gasteiger partial charge in [0.1, 0.15) is 0 Å². The molecule has 28 heavy (non-hydrogen) atoms. The zero-order valence-corrected chi connectivity index (χ0v) is 17.6. The molecule has 3 aromatic rings. The van der Waals surface area contributed by atoms with Crippen molar-refractivity contribution in [1.82, 2.24) is 4.98 Å². The molecule has 1 amide bonds. The van der Waals surface area contributed by atoms with Crippen LogP contribution in [-0.2, 0) is 10.5 Å². The van der Waals surface area contributed by atoms with Crippen molar-refractivity contribution in [2.24, 2.45) is 0 Å². The van der Waals surface area contributed by atoms with E-state index in [0.717, 1.165) is 15.6 Å². The first-order valence-electron chi connectivity index (χ1n) is 8.30. The number of rotatable bonds is 6. The molecule has 0 aliphatic carbocycles. The van der Waals surface area contributed by atoms with Gasteiger partial charge in [0.2, 0.25) is 0 Å². The summed E-state index contributed by atoms with van der Waals surface area (Å²) in [6.07, 6.45) is 0. The van der Waals surface area contributed by atoms with Crippen LogP contribution >= 0.6 is 34.7 Å². The summed E-state index contributed by atoms with van der Waals surface area (Å²) in [4.78, 5) is 29.9. The highest BCUT2D eigenvalue weighted by Gasteiger charge is 2.15. The molecule has 5 nitrogen and oxygen atoms in total. The Hall–Kier alpha value is -2.35. The minimum Gasteiger partial charge on any atom is -0.465 e. The summed E-state index contributed by atoms with van der Waals surface area (Å²) in [6.45, 7) is 1.96. The van der Waals surface area contributed by atoms with Gasteiger partial charge in [-0.2, -0.15) is 0 Å². The second-order valence-electron chi connectivity index (χ2n) is 5.78. The molecular weight excluding hydrogens is 416 g/mol. The lowest BCUT2D eigenvalue weighted by molar-refractivity contribution is 0.0600. The first kappa shape index (κ1) is 20.4. The van der Waals surface area contributed by atoms with Gasteiger partial charge in [0.25, 0.3) is 5.91 Å². The number of ether oxygens (including phenoxy) is 1. The van der Waals surface area contributed by atoms with E-state index in [1.165, 1.54) is 13.2 Å². The van der Waals surface area contributed by atoms with Gasteiger partial charge in [-0.3, -0.25) is 4.79 Å². The third kappa shape index (κ3) is 4.92. The summed E-state index contributed by atoms with van der Waals surface area (Å²) >= 11 is 9.33. The fourth-order valence-electron chi connectivity index (χ4n) is 2.46. The fourth-order valence-corrected chi connectivity index (χ4v) is 4.29. The van der Waals surface area contributed by atoms with Crippen molar-refractivity contribution in [3.8, 4) is 0 Å². The molecule has 8 heteroatoms. The molecule has 3 rings (SSSR count). The highest BCUT2D eigenvalue weighted by Crippen LogP contribution is 2.29. The third-order valence-corrected chi connectivity index (χ3v) is 6.07. The predicted molar refractivity (Wildman–Crippen MR) is 114 cm³/mol. The Kier molecular flexibility index (Phi) is 6.72.